The number of aromatic hydroxyl groups is 1. The van der Waals surface area contributed by atoms with E-state index in [2.05, 4.69) is 34.6 Å². The molecule has 0 saturated heterocycles. The van der Waals surface area contributed by atoms with Crippen LogP contribution in [0.1, 0.15) is 124 Å². The fourth-order valence-corrected chi connectivity index (χ4v) is 11.1. The molecule has 240 valence electrons. The summed E-state index contributed by atoms with van der Waals surface area (Å²) in [4.78, 5) is 12.4. The van der Waals surface area contributed by atoms with E-state index in [0.29, 0.717) is 35.0 Å². The lowest BCUT2D eigenvalue weighted by atomic mass is 9.44. The second kappa shape index (κ2) is 13.6. The van der Waals surface area contributed by atoms with Gasteiger partial charge < -0.3 is 14.6 Å². The van der Waals surface area contributed by atoms with Crippen LogP contribution in [0.25, 0.3) is 6.08 Å². The Morgan fingerprint density at radius 1 is 0.953 bits per heavy atom. The number of fused-ring (bicyclic) bond motifs is 5. The molecular weight excluding hydrogens is 532 g/mol. The molecule has 5 rings (SSSR count). The van der Waals surface area contributed by atoms with Gasteiger partial charge in [-0.05, 0) is 146 Å². The first-order chi connectivity index (χ1) is 20.6. The van der Waals surface area contributed by atoms with Crippen LogP contribution in [-0.2, 0) is 9.53 Å². The summed E-state index contributed by atoms with van der Waals surface area (Å²) in [5.41, 5.74) is 1.96. The number of phenolic OH excluding ortho intramolecular Hbond substituents is 1. The van der Waals surface area contributed by atoms with Gasteiger partial charge >= 0.3 is 5.97 Å². The molecule has 1 aromatic rings. The molecule has 0 spiro atoms. The van der Waals surface area contributed by atoms with Crippen LogP contribution in [0.4, 0.5) is 0 Å². The Hall–Kier alpha value is -1.97. The zero-order chi connectivity index (χ0) is 30.8. The lowest BCUT2D eigenvalue weighted by Gasteiger charge is -2.61. The first kappa shape index (κ1) is 32.4. The third-order valence-corrected chi connectivity index (χ3v) is 13.6. The maximum absolute atomic E-state index is 12.4. The monoisotopic (exact) mass is 592 g/mol. The van der Waals surface area contributed by atoms with Gasteiger partial charge in [0.15, 0.2) is 11.5 Å². The minimum absolute atomic E-state index is 0.0847. The third kappa shape index (κ3) is 6.69. The summed E-state index contributed by atoms with van der Waals surface area (Å²) in [6.45, 7) is 13.1. The van der Waals surface area contributed by atoms with Crippen LogP contribution in [-0.4, -0.2) is 24.8 Å². The molecule has 4 fully saturated rings. The highest BCUT2D eigenvalue weighted by Gasteiger charge is 2.60. The Kier molecular flexibility index (Phi) is 10.2. The van der Waals surface area contributed by atoms with Gasteiger partial charge in [0.1, 0.15) is 0 Å². The standard InChI is InChI=1S/C39H60O4/c1-26(2)29(21-24-43-37(41)19-12-28-11-18-35(40)36(25-28)42-6)13-10-27(3)32-16-17-33-31-15-14-30-9-7-8-22-38(30,4)34(31)20-23-39(32,33)5/h11-12,18-19,25-27,29-34,40H,7-10,13-17,20-24H2,1-6H3/b19-12+/t27-,29+,30?,31+,32-,33+,34+,38+,39-/m1/s1. The Morgan fingerprint density at radius 2 is 1.74 bits per heavy atom. The molecule has 4 nitrogen and oxygen atoms in total. The van der Waals surface area contributed by atoms with E-state index in [9.17, 15) is 9.90 Å². The first-order valence-electron chi connectivity index (χ1n) is 17.8. The van der Waals surface area contributed by atoms with Gasteiger partial charge in [0.2, 0.25) is 0 Å². The number of carbonyl (C=O) groups is 1. The summed E-state index contributed by atoms with van der Waals surface area (Å²) < 4.78 is 10.8. The second-order valence-electron chi connectivity index (χ2n) is 15.9. The van der Waals surface area contributed by atoms with Crippen LogP contribution >= 0.6 is 0 Å². The Balaban J connectivity index is 1.11. The van der Waals surface area contributed by atoms with Crippen LogP contribution < -0.4 is 4.74 Å². The molecule has 0 radical (unpaired) electrons. The molecule has 1 unspecified atom stereocenters. The van der Waals surface area contributed by atoms with E-state index >= 15 is 0 Å². The van der Waals surface area contributed by atoms with E-state index in [1.54, 1.807) is 24.3 Å². The quantitative estimate of drug-likeness (QED) is 0.205. The van der Waals surface area contributed by atoms with Crippen molar-refractivity contribution in [3.8, 4) is 11.5 Å². The maximum Gasteiger partial charge on any atom is 0.330 e. The lowest BCUT2D eigenvalue weighted by Crippen LogP contribution is -2.53. The molecule has 9 atom stereocenters. The summed E-state index contributed by atoms with van der Waals surface area (Å²) in [6, 6.07) is 5.02. The predicted octanol–water partition coefficient (Wildman–Crippen LogP) is 10.1. The van der Waals surface area contributed by atoms with Crippen molar-refractivity contribution in [3.63, 3.8) is 0 Å². The largest absolute Gasteiger partial charge is 0.504 e. The number of esters is 1. The summed E-state index contributed by atoms with van der Waals surface area (Å²) in [5, 5.41) is 9.77. The van der Waals surface area contributed by atoms with Crippen LogP contribution in [0.3, 0.4) is 0 Å². The van der Waals surface area contributed by atoms with Gasteiger partial charge in [-0.25, -0.2) is 4.79 Å². The highest BCUT2D eigenvalue weighted by molar-refractivity contribution is 5.87. The van der Waals surface area contributed by atoms with E-state index in [0.717, 1.165) is 47.5 Å². The number of hydrogen-bond acceptors (Lipinski definition) is 4. The summed E-state index contributed by atoms with van der Waals surface area (Å²) in [6.07, 6.45) is 21.4. The summed E-state index contributed by atoms with van der Waals surface area (Å²) in [7, 11) is 1.51. The van der Waals surface area contributed by atoms with Crippen molar-refractivity contribution >= 4 is 12.0 Å². The van der Waals surface area contributed by atoms with Gasteiger partial charge in [-0.3, -0.25) is 0 Å². The first-order valence-corrected chi connectivity index (χ1v) is 17.8. The van der Waals surface area contributed by atoms with Crippen molar-refractivity contribution in [1.82, 2.24) is 0 Å². The van der Waals surface area contributed by atoms with E-state index in [1.807, 2.05) is 0 Å². The number of hydrogen-bond donors (Lipinski definition) is 1. The van der Waals surface area contributed by atoms with Crippen molar-refractivity contribution < 1.29 is 19.4 Å². The molecule has 0 amide bonds. The number of benzene rings is 1. The highest BCUT2D eigenvalue weighted by atomic mass is 16.5. The van der Waals surface area contributed by atoms with E-state index in [4.69, 9.17) is 9.47 Å². The SMILES string of the molecule is COc1cc(/C=C/C(=O)OCC[C@H](CC[C@@H](C)[C@H]2CC[C@H]3[C@@H]4CCC5CCCC[C@]5(C)[C@H]4CC[C@]23C)C(C)C)ccc1O. The number of rotatable bonds is 11. The van der Waals surface area contributed by atoms with Crippen molar-refractivity contribution in [2.75, 3.05) is 13.7 Å². The van der Waals surface area contributed by atoms with Gasteiger partial charge in [0, 0.05) is 6.08 Å². The van der Waals surface area contributed by atoms with Crippen molar-refractivity contribution in [2.45, 2.75) is 118 Å². The minimum atomic E-state index is -0.320. The number of phenols is 1. The lowest BCUT2D eigenvalue weighted by molar-refractivity contribution is -0.138. The third-order valence-electron chi connectivity index (χ3n) is 13.6. The Labute approximate surface area is 262 Å². The Bertz CT molecular complexity index is 1120. The van der Waals surface area contributed by atoms with E-state index < -0.39 is 0 Å². The van der Waals surface area contributed by atoms with Crippen molar-refractivity contribution in [3.05, 3.63) is 29.8 Å². The molecule has 4 aliphatic rings. The zero-order valence-electron chi connectivity index (χ0n) is 28.1. The number of methoxy groups -OCH3 is 1. The number of ether oxygens (including phenoxy) is 2. The molecule has 4 aliphatic carbocycles. The molecule has 1 N–H and O–H groups in total. The molecule has 4 saturated carbocycles. The molecule has 4 heteroatoms. The van der Waals surface area contributed by atoms with Gasteiger partial charge in [-0.1, -0.05) is 59.9 Å². The van der Waals surface area contributed by atoms with E-state index in [-0.39, 0.29) is 11.7 Å². The van der Waals surface area contributed by atoms with Crippen LogP contribution in [0, 0.1) is 58.2 Å². The number of carbonyl (C=O) groups excluding carboxylic acids is 1. The second-order valence-corrected chi connectivity index (χ2v) is 15.9. The molecule has 0 heterocycles. The van der Waals surface area contributed by atoms with Gasteiger partial charge in [0.05, 0.1) is 13.7 Å². The maximum atomic E-state index is 12.4. The highest BCUT2D eigenvalue weighted by Crippen LogP contribution is 2.68. The van der Waals surface area contributed by atoms with Gasteiger partial charge in [-0.2, -0.15) is 0 Å². The molecule has 0 bridgehead atoms. The predicted molar refractivity (Wildman–Crippen MR) is 176 cm³/mol. The fourth-order valence-electron chi connectivity index (χ4n) is 11.1. The van der Waals surface area contributed by atoms with Gasteiger partial charge in [0.25, 0.3) is 0 Å². The summed E-state index contributed by atoms with van der Waals surface area (Å²) >= 11 is 0. The normalized spacial score (nSPS) is 35.2. The molecule has 1 aromatic carbocycles. The van der Waals surface area contributed by atoms with Crippen molar-refractivity contribution in [1.29, 1.82) is 0 Å². The topological polar surface area (TPSA) is 55.8 Å². The van der Waals surface area contributed by atoms with Crippen molar-refractivity contribution in [2.24, 2.45) is 58.2 Å². The average Bonchev–Trinajstić information content (AvgIpc) is 3.35. The smallest absolute Gasteiger partial charge is 0.330 e. The average molecular weight is 593 g/mol. The minimum Gasteiger partial charge on any atom is -0.504 e. The molecule has 43 heavy (non-hydrogen) atoms. The van der Waals surface area contributed by atoms with Crippen LogP contribution in [0.2, 0.25) is 0 Å². The molecular formula is C39H60O4. The van der Waals surface area contributed by atoms with Crippen LogP contribution in [0.5, 0.6) is 11.5 Å². The van der Waals surface area contributed by atoms with E-state index in [1.165, 1.54) is 90.2 Å². The molecule has 0 aliphatic heterocycles. The Morgan fingerprint density at radius 3 is 2.51 bits per heavy atom. The molecule has 0 aromatic heterocycles. The summed E-state index contributed by atoms with van der Waals surface area (Å²) in [5.74, 6) is 6.88. The van der Waals surface area contributed by atoms with Crippen LogP contribution in [0.15, 0.2) is 24.3 Å². The fraction of sp³-hybridized carbons (Fsp3) is 0.769. The van der Waals surface area contributed by atoms with Gasteiger partial charge in [-0.15, -0.1) is 0 Å². The zero-order valence-corrected chi connectivity index (χ0v) is 28.1.